The highest BCUT2D eigenvalue weighted by Gasteiger charge is 2.31. The van der Waals surface area contributed by atoms with Crippen molar-refractivity contribution in [3.63, 3.8) is 0 Å². The molecule has 0 aromatic heterocycles. The van der Waals surface area contributed by atoms with Crippen LogP contribution in [0.5, 0.6) is 0 Å². The van der Waals surface area contributed by atoms with Crippen LogP contribution in [0, 0.1) is 6.92 Å². The van der Waals surface area contributed by atoms with Crippen LogP contribution in [0.15, 0.2) is 42.5 Å². The van der Waals surface area contributed by atoms with Gasteiger partial charge in [-0.1, -0.05) is 48.3 Å². The predicted molar refractivity (Wildman–Crippen MR) is 133 cm³/mol. The molecule has 2 amide bonds. The van der Waals surface area contributed by atoms with Crippen molar-refractivity contribution in [2.24, 2.45) is 0 Å². The van der Waals surface area contributed by atoms with Crippen molar-refractivity contribution in [3.8, 4) is 0 Å². The Morgan fingerprint density at radius 2 is 1.79 bits per heavy atom. The van der Waals surface area contributed by atoms with E-state index in [9.17, 15) is 18.0 Å². The quantitative estimate of drug-likeness (QED) is 0.519. The molecule has 1 atom stereocenters. The number of carbonyl (C=O) groups excluding carboxylic acids is 2. The molecule has 10 heteroatoms. The summed E-state index contributed by atoms with van der Waals surface area (Å²) in [6, 6.07) is 11.0. The SMILES string of the molecule is CCNC(=O)[C@H](CC)N(Cc1ccc(Cl)cc1Cl)C(=O)CN(c1cccc(C)c1)S(C)(=O)=O. The molecule has 0 radical (unpaired) electrons. The number of likely N-dealkylation sites (N-methyl/N-ethyl adjacent to an activating group) is 1. The van der Waals surface area contributed by atoms with Gasteiger partial charge in [0.25, 0.3) is 0 Å². The van der Waals surface area contributed by atoms with Gasteiger partial charge >= 0.3 is 0 Å². The Balaban J connectivity index is 2.46. The standard InChI is InChI=1S/C23H29Cl2N3O4S/c1-5-21(23(30)26-6-2)27(14-17-10-11-18(24)13-20(17)25)22(29)15-28(33(4,31)32)19-9-7-8-16(3)12-19/h7-13,21H,5-6,14-15H2,1-4H3,(H,26,30)/t21-/m0/s1. The molecule has 180 valence electrons. The van der Waals surface area contributed by atoms with Gasteiger partial charge in [0.1, 0.15) is 12.6 Å². The Morgan fingerprint density at radius 3 is 2.33 bits per heavy atom. The van der Waals surface area contributed by atoms with Crippen LogP contribution in [0.3, 0.4) is 0 Å². The summed E-state index contributed by atoms with van der Waals surface area (Å²) in [5, 5.41) is 3.54. The third kappa shape index (κ3) is 7.35. The monoisotopic (exact) mass is 513 g/mol. The number of anilines is 1. The van der Waals surface area contributed by atoms with Crippen molar-refractivity contribution >= 4 is 50.7 Å². The van der Waals surface area contributed by atoms with Gasteiger partial charge in [0.15, 0.2) is 0 Å². The van der Waals surface area contributed by atoms with Gasteiger partial charge in [-0.2, -0.15) is 0 Å². The van der Waals surface area contributed by atoms with E-state index in [0.717, 1.165) is 16.1 Å². The van der Waals surface area contributed by atoms with Crippen molar-refractivity contribution in [3.05, 3.63) is 63.6 Å². The molecule has 0 saturated carbocycles. The molecule has 0 heterocycles. The zero-order valence-electron chi connectivity index (χ0n) is 19.1. The average Bonchev–Trinajstić information content (AvgIpc) is 2.72. The van der Waals surface area contributed by atoms with Crippen LogP contribution in [0.2, 0.25) is 10.0 Å². The van der Waals surface area contributed by atoms with Crippen molar-refractivity contribution < 1.29 is 18.0 Å². The summed E-state index contributed by atoms with van der Waals surface area (Å²) in [6.07, 6.45) is 1.39. The van der Waals surface area contributed by atoms with Crippen molar-refractivity contribution in [1.29, 1.82) is 0 Å². The molecule has 0 aliphatic carbocycles. The van der Waals surface area contributed by atoms with Gasteiger partial charge in [0.2, 0.25) is 21.8 Å². The number of amides is 2. The number of benzene rings is 2. The topological polar surface area (TPSA) is 86.8 Å². The second-order valence-corrected chi connectivity index (χ2v) is 10.4. The number of nitrogens with zero attached hydrogens (tertiary/aromatic N) is 2. The zero-order valence-corrected chi connectivity index (χ0v) is 21.5. The lowest BCUT2D eigenvalue weighted by molar-refractivity contribution is -0.140. The van der Waals surface area contributed by atoms with Crippen LogP contribution in [0.25, 0.3) is 0 Å². The van der Waals surface area contributed by atoms with Gasteiger partial charge in [-0.15, -0.1) is 0 Å². The van der Waals surface area contributed by atoms with Crippen LogP contribution in [0.1, 0.15) is 31.4 Å². The van der Waals surface area contributed by atoms with Gasteiger partial charge in [0.05, 0.1) is 11.9 Å². The van der Waals surface area contributed by atoms with Crippen LogP contribution >= 0.6 is 23.2 Å². The first-order chi connectivity index (χ1) is 15.5. The molecule has 0 fully saturated rings. The third-order valence-electron chi connectivity index (χ3n) is 5.06. The first-order valence-corrected chi connectivity index (χ1v) is 13.1. The highest BCUT2D eigenvalue weighted by atomic mass is 35.5. The highest BCUT2D eigenvalue weighted by molar-refractivity contribution is 7.92. The average molecular weight is 514 g/mol. The summed E-state index contributed by atoms with van der Waals surface area (Å²) in [7, 11) is -3.77. The molecule has 7 nitrogen and oxygen atoms in total. The summed E-state index contributed by atoms with van der Waals surface area (Å²) in [6.45, 7) is 5.38. The summed E-state index contributed by atoms with van der Waals surface area (Å²) in [5.41, 5.74) is 1.83. The first-order valence-electron chi connectivity index (χ1n) is 10.5. The van der Waals surface area contributed by atoms with Gasteiger partial charge in [-0.25, -0.2) is 8.42 Å². The third-order valence-corrected chi connectivity index (χ3v) is 6.79. The lowest BCUT2D eigenvalue weighted by Crippen LogP contribution is -2.52. The Hall–Kier alpha value is -2.29. The summed E-state index contributed by atoms with van der Waals surface area (Å²) in [5.74, 6) is -0.842. The Morgan fingerprint density at radius 1 is 1.09 bits per heavy atom. The van der Waals surface area contributed by atoms with Gasteiger partial charge in [0, 0.05) is 23.1 Å². The maximum atomic E-state index is 13.5. The van der Waals surface area contributed by atoms with E-state index in [1.165, 1.54) is 4.90 Å². The minimum atomic E-state index is -3.77. The maximum Gasteiger partial charge on any atom is 0.244 e. The number of aryl methyl sites for hydroxylation is 1. The van der Waals surface area contributed by atoms with Crippen LogP contribution < -0.4 is 9.62 Å². The second-order valence-electron chi connectivity index (χ2n) is 7.68. The smallest absolute Gasteiger partial charge is 0.244 e. The van der Waals surface area contributed by atoms with E-state index in [-0.39, 0.29) is 12.5 Å². The van der Waals surface area contributed by atoms with E-state index in [4.69, 9.17) is 23.2 Å². The first kappa shape index (κ1) is 27.0. The van der Waals surface area contributed by atoms with Crippen LogP contribution in [0.4, 0.5) is 5.69 Å². The lowest BCUT2D eigenvalue weighted by Gasteiger charge is -2.33. The predicted octanol–water partition coefficient (Wildman–Crippen LogP) is 4.01. The minimum Gasteiger partial charge on any atom is -0.355 e. The highest BCUT2D eigenvalue weighted by Crippen LogP contribution is 2.25. The molecule has 33 heavy (non-hydrogen) atoms. The van der Waals surface area contributed by atoms with Crippen molar-refractivity contribution in [2.45, 2.75) is 39.8 Å². The molecular formula is C23H29Cl2N3O4S. The van der Waals surface area contributed by atoms with Crippen molar-refractivity contribution in [2.75, 3.05) is 23.7 Å². The number of hydrogen-bond donors (Lipinski definition) is 1. The summed E-state index contributed by atoms with van der Waals surface area (Å²) in [4.78, 5) is 27.6. The zero-order chi connectivity index (χ0) is 24.8. The molecule has 0 aliphatic heterocycles. The van der Waals surface area contributed by atoms with E-state index >= 15 is 0 Å². The summed E-state index contributed by atoms with van der Waals surface area (Å²) >= 11 is 12.3. The second kappa shape index (κ2) is 11.7. The van der Waals surface area contributed by atoms with Crippen LogP contribution in [-0.2, 0) is 26.2 Å². The number of rotatable bonds is 10. The number of hydrogen-bond acceptors (Lipinski definition) is 4. The molecule has 0 aliphatic rings. The Labute approximate surface area is 205 Å². The molecule has 1 N–H and O–H groups in total. The number of nitrogens with one attached hydrogen (secondary N) is 1. The fourth-order valence-electron chi connectivity index (χ4n) is 3.44. The molecule has 2 rings (SSSR count). The number of sulfonamides is 1. The molecule has 0 unspecified atom stereocenters. The molecule has 0 bridgehead atoms. The van der Waals surface area contributed by atoms with E-state index < -0.39 is 28.5 Å². The Bertz CT molecular complexity index is 1110. The van der Waals surface area contributed by atoms with Crippen LogP contribution in [-0.4, -0.2) is 50.5 Å². The number of halogens is 2. The molecule has 0 spiro atoms. The van der Waals surface area contributed by atoms with E-state index in [0.29, 0.717) is 34.3 Å². The van der Waals surface area contributed by atoms with E-state index in [1.807, 2.05) is 13.0 Å². The number of carbonyl (C=O) groups is 2. The fourth-order valence-corrected chi connectivity index (χ4v) is 4.75. The largest absolute Gasteiger partial charge is 0.355 e. The van der Waals surface area contributed by atoms with E-state index in [2.05, 4.69) is 5.32 Å². The molecule has 2 aromatic carbocycles. The molecular weight excluding hydrogens is 485 g/mol. The van der Waals surface area contributed by atoms with Gasteiger partial charge in [-0.3, -0.25) is 13.9 Å². The Kier molecular flexibility index (Phi) is 9.57. The maximum absolute atomic E-state index is 13.5. The van der Waals surface area contributed by atoms with Gasteiger partial charge in [-0.05, 0) is 55.7 Å². The normalized spacial score (nSPS) is 12.2. The van der Waals surface area contributed by atoms with Gasteiger partial charge < -0.3 is 10.2 Å². The molecule has 0 saturated heterocycles. The lowest BCUT2D eigenvalue weighted by atomic mass is 10.1. The van der Waals surface area contributed by atoms with Crippen molar-refractivity contribution in [1.82, 2.24) is 10.2 Å². The minimum absolute atomic E-state index is 0.0237. The van der Waals surface area contributed by atoms with E-state index in [1.54, 1.807) is 50.2 Å². The molecule has 2 aromatic rings. The fraction of sp³-hybridized carbons (Fsp3) is 0.391. The summed E-state index contributed by atoms with van der Waals surface area (Å²) < 4.78 is 26.2.